The minimum Gasteiger partial charge on any atom is -0.497 e. The van der Waals surface area contributed by atoms with E-state index >= 15 is 0 Å². The number of aromatic nitrogens is 1. The largest absolute Gasteiger partial charge is 0.497 e. The molecule has 2 aromatic heterocycles. The average molecular weight is 456 g/mol. The third-order valence-corrected chi connectivity index (χ3v) is 6.44. The van der Waals surface area contributed by atoms with Gasteiger partial charge in [0.05, 0.1) is 22.7 Å². The molecule has 0 saturated carbocycles. The molecular weight excluding hydrogens is 430 g/mol. The normalized spacial score (nSPS) is 12.0. The van der Waals surface area contributed by atoms with Crippen LogP contribution in [0.4, 0.5) is 0 Å². The van der Waals surface area contributed by atoms with Gasteiger partial charge in [0.15, 0.2) is 0 Å². The first kappa shape index (κ1) is 22.7. The smallest absolute Gasteiger partial charge is 0.244 e. The van der Waals surface area contributed by atoms with E-state index in [1.54, 1.807) is 42.8 Å². The van der Waals surface area contributed by atoms with Gasteiger partial charge in [-0.25, -0.2) is 4.98 Å². The molecule has 8 heteroatoms. The van der Waals surface area contributed by atoms with Gasteiger partial charge in [0.25, 0.3) is 0 Å². The Kier molecular flexibility index (Phi) is 7.97. The fourth-order valence-electron chi connectivity index (χ4n) is 2.80. The summed E-state index contributed by atoms with van der Waals surface area (Å²) in [6.07, 6.45) is 3.84. The van der Waals surface area contributed by atoms with Crippen LogP contribution in [0.5, 0.6) is 5.75 Å². The zero-order valence-electron chi connectivity index (χ0n) is 17.7. The highest BCUT2D eigenvalue weighted by Crippen LogP contribution is 2.29. The average Bonchev–Trinajstić information content (AvgIpc) is 3.41. The molecule has 2 heterocycles. The molecule has 2 amide bonds. The van der Waals surface area contributed by atoms with E-state index in [0.29, 0.717) is 6.54 Å². The van der Waals surface area contributed by atoms with E-state index in [2.05, 4.69) is 33.1 Å². The van der Waals surface area contributed by atoms with Crippen molar-refractivity contribution in [2.45, 2.75) is 26.3 Å². The quantitative estimate of drug-likeness (QED) is 0.477. The number of carbonyl (C=O) groups is 2. The summed E-state index contributed by atoms with van der Waals surface area (Å²) in [6.45, 7) is 4.17. The first-order valence-electron chi connectivity index (χ1n) is 9.86. The summed E-state index contributed by atoms with van der Waals surface area (Å²) in [5, 5.41) is 8.66. The minimum atomic E-state index is -0.620. The van der Waals surface area contributed by atoms with Crippen LogP contribution in [0, 0.1) is 6.92 Å². The Labute approximate surface area is 190 Å². The van der Waals surface area contributed by atoms with Crippen LogP contribution < -0.4 is 15.4 Å². The van der Waals surface area contributed by atoms with E-state index in [-0.39, 0.29) is 11.8 Å². The van der Waals surface area contributed by atoms with E-state index < -0.39 is 6.04 Å². The maximum Gasteiger partial charge on any atom is 0.244 e. The van der Waals surface area contributed by atoms with Crippen LogP contribution in [0.25, 0.3) is 16.6 Å². The van der Waals surface area contributed by atoms with Crippen LogP contribution in [-0.2, 0) is 16.0 Å². The van der Waals surface area contributed by atoms with Crippen molar-refractivity contribution in [2.24, 2.45) is 0 Å². The fourth-order valence-corrected chi connectivity index (χ4v) is 4.46. The van der Waals surface area contributed by atoms with Crippen molar-refractivity contribution < 1.29 is 14.3 Å². The first-order chi connectivity index (χ1) is 14.9. The maximum absolute atomic E-state index is 12.3. The molecule has 31 heavy (non-hydrogen) atoms. The minimum absolute atomic E-state index is 0.210. The molecule has 0 aliphatic heterocycles. The van der Waals surface area contributed by atoms with E-state index in [4.69, 9.17) is 4.74 Å². The highest BCUT2D eigenvalue weighted by atomic mass is 32.1. The molecule has 1 unspecified atom stereocenters. The molecule has 162 valence electrons. The third-order valence-electron chi connectivity index (χ3n) is 4.50. The second-order valence-corrected chi connectivity index (χ2v) is 9.13. The van der Waals surface area contributed by atoms with Gasteiger partial charge >= 0.3 is 0 Å². The molecular formula is C23H25N3O3S2. The predicted octanol–water partition coefficient (Wildman–Crippen LogP) is 4.07. The number of aryl methyl sites for hydroxylation is 1. The summed E-state index contributed by atoms with van der Waals surface area (Å²) in [7, 11) is 1.60. The number of carbonyl (C=O) groups excluding carboxylic acids is 2. The second kappa shape index (κ2) is 10.9. The predicted molar refractivity (Wildman–Crippen MR) is 127 cm³/mol. The molecule has 0 saturated heterocycles. The second-order valence-electron chi connectivity index (χ2n) is 6.90. The van der Waals surface area contributed by atoms with Crippen molar-refractivity contribution in [3.8, 4) is 16.3 Å². The standard InChI is InChI=1S/C23H25N3O3S2/c1-15(25-22(27)11-6-17-4-7-18(29-3)8-5-17)23(28)24-13-12-19-9-10-21(31-19)20-14-30-16(2)26-20/h4-11,14-15H,12-13H2,1-3H3,(H,24,28)(H,25,27)/b11-6+. The Morgan fingerprint density at radius 2 is 1.97 bits per heavy atom. The first-order valence-corrected chi connectivity index (χ1v) is 11.6. The van der Waals surface area contributed by atoms with Crippen LogP contribution in [0.15, 0.2) is 47.9 Å². The molecule has 6 nitrogen and oxygen atoms in total. The highest BCUT2D eigenvalue weighted by Gasteiger charge is 2.14. The monoisotopic (exact) mass is 455 g/mol. The molecule has 0 bridgehead atoms. The fraction of sp³-hybridized carbons (Fsp3) is 0.261. The number of nitrogens with zero attached hydrogens (tertiary/aromatic N) is 1. The van der Waals surface area contributed by atoms with E-state index in [1.165, 1.54) is 11.0 Å². The van der Waals surface area contributed by atoms with Crippen LogP contribution in [0.1, 0.15) is 22.4 Å². The number of rotatable bonds is 9. The number of thiazole rings is 1. The van der Waals surface area contributed by atoms with Gasteiger partial charge < -0.3 is 15.4 Å². The lowest BCUT2D eigenvalue weighted by Gasteiger charge is -2.12. The number of hydrogen-bond acceptors (Lipinski definition) is 6. The molecule has 0 radical (unpaired) electrons. The summed E-state index contributed by atoms with van der Waals surface area (Å²) in [6, 6.07) is 10.9. The summed E-state index contributed by atoms with van der Waals surface area (Å²) >= 11 is 3.32. The zero-order chi connectivity index (χ0) is 22.2. The van der Waals surface area contributed by atoms with Crippen molar-refractivity contribution in [3.05, 3.63) is 63.3 Å². The molecule has 2 N–H and O–H groups in total. The van der Waals surface area contributed by atoms with Gasteiger partial charge in [-0.05, 0) is 56.2 Å². The number of thiophene rings is 1. The number of methoxy groups -OCH3 is 1. The van der Waals surface area contributed by atoms with Crippen LogP contribution in [0.2, 0.25) is 0 Å². The van der Waals surface area contributed by atoms with Crippen molar-refractivity contribution >= 4 is 40.6 Å². The summed E-state index contributed by atoms with van der Waals surface area (Å²) in [5.41, 5.74) is 1.87. The van der Waals surface area contributed by atoms with Gasteiger partial charge in [-0.1, -0.05) is 12.1 Å². The van der Waals surface area contributed by atoms with Crippen LogP contribution >= 0.6 is 22.7 Å². The molecule has 0 spiro atoms. The maximum atomic E-state index is 12.3. The van der Waals surface area contributed by atoms with Gasteiger partial charge in [0, 0.05) is 22.9 Å². The van der Waals surface area contributed by atoms with Gasteiger partial charge in [0.2, 0.25) is 11.8 Å². The van der Waals surface area contributed by atoms with E-state index in [9.17, 15) is 9.59 Å². The molecule has 0 aliphatic carbocycles. The Morgan fingerprint density at radius 1 is 1.19 bits per heavy atom. The lowest BCUT2D eigenvalue weighted by Crippen LogP contribution is -2.44. The zero-order valence-corrected chi connectivity index (χ0v) is 19.3. The Hall–Kier alpha value is -2.97. The number of nitrogens with one attached hydrogen (secondary N) is 2. The molecule has 0 fully saturated rings. The lowest BCUT2D eigenvalue weighted by molar-refractivity contribution is -0.126. The number of amides is 2. The molecule has 3 aromatic rings. The van der Waals surface area contributed by atoms with Gasteiger partial charge in [-0.15, -0.1) is 22.7 Å². The van der Waals surface area contributed by atoms with E-state index in [1.807, 2.05) is 31.2 Å². The number of hydrogen-bond donors (Lipinski definition) is 2. The molecule has 0 aliphatic rings. The summed E-state index contributed by atoms with van der Waals surface area (Å²) < 4.78 is 5.11. The van der Waals surface area contributed by atoms with Crippen LogP contribution in [0.3, 0.4) is 0 Å². The summed E-state index contributed by atoms with van der Waals surface area (Å²) in [5.74, 6) is 0.224. The molecule has 1 atom stereocenters. The SMILES string of the molecule is COc1ccc(/C=C/C(=O)NC(C)C(=O)NCCc2ccc(-c3csc(C)n3)s2)cc1. The van der Waals surface area contributed by atoms with Crippen molar-refractivity contribution in [2.75, 3.05) is 13.7 Å². The van der Waals surface area contributed by atoms with Crippen molar-refractivity contribution in [3.63, 3.8) is 0 Å². The molecule has 1 aromatic carbocycles. The highest BCUT2D eigenvalue weighted by molar-refractivity contribution is 7.16. The van der Waals surface area contributed by atoms with Crippen molar-refractivity contribution in [1.82, 2.24) is 15.6 Å². The Bertz CT molecular complexity index is 1050. The Balaban J connectivity index is 1.41. The Morgan fingerprint density at radius 3 is 2.65 bits per heavy atom. The van der Waals surface area contributed by atoms with Gasteiger partial charge in [-0.3, -0.25) is 9.59 Å². The topological polar surface area (TPSA) is 80.3 Å². The van der Waals surface area contributed by atoms with Gasteiger partial charge in [-0.2, -0.15) is 0 Å². The van der Waals surface area contributed by atoms with Crippen LogP contribution in [-0.4, -0.2) is 36.5 Å². The number of benzene rings is 1. The van der Waals surface area contributed by atoms with E-state index in [0.717, 1.165) is 33.3 Å². The summed E-state index contributed by atoms with van der Waals surface area (Å²) in [4.78, 5) is 31.2. The third kappa shape index (κ3) is 6.77. The van der Waals surface area contributed by atoms with Crippen molar-refractivity contribution in [1.29, 1.82) is 0 Å². The number of ether oxygens (including phenoxy) is 1. The molecule has 3 rings (SSSR count). The van der Waals surface area contributed by atoms with Gasteiger partial charge in [0.1, 0.15) is 11.8 Å². The lowest BCUT2D eigenvalue weighted by atomic mass is 10.2.